The van der Waals surface area contributed by atoms with E-state index in [1.165, 1.54) is 11.3 Å². The first-order valence-electron chi connectivity index (χ1n) is 7.46. The van der Waals surface area contributed by atoms with Gasteiger partial charge in [-0.15, -0.1) is 11.3 Å². The summed E-state index contributed by atoms with van der Waals surface area (Å²) >= 11 is 1.45. The van der Waals surface area contributed by atoms with Gasteiger partial charge in [-0.25, -0.2) is 4.98 Å². The van der Waals surface area contributed by atoms with Gasteiger partial charge in [-0.1, -0.05) is 6.42 Å². The number of rotatable bonds is 3. The van der Waals surface area contributed by atoms with Gasteiger partial charge in [0.2, 0.25) is 5.91 Å². The number of nitrogens with one attached hydrogen (secondary N) is 1. The van der Waals surface area contributed by atoms with Gasteiger partial charge in [0.25, 0.3) is 0 Å². The number of aromatic nitrogens is 1. The van der Waals surface area contributed by atoms with Gasteiger partial charge in [0, 0.05) is 16.9 Å². The van der Waals surface area contributed by atoms with Crippen molar-refractivity contribution in [1.82, 2.24) is 4.98 Å². The summed E-state index contributed by atoms with van der Waals surface area (Å²) < 4.78 is 11.1. The number of nitrogens with zero attached hydrogens (tertiary/aromatic N) is 1. The van der Waals surface area contributed by atoms with E-state index in [0.717, 1.165) is 42.0 Å². The Morgan fingerprint density at radius 1 is 1.23 bits per heavy atom. The molecule has 6 heteroatoms. The lowest BCUT2D eigenvalue weighted by Gasteiger charge is -2.23. The first kappa shape index (κ1) is 13.6. The van der Waals surface area contributed by atoms with E-state index < -0.39 is 0 Å². The van der Waals surface area contributed by atoms with Gasteiger partial charge in [-0.05, 0) is 31.0 Å². The van der Waals surface area contributed by atoms with Crippen LogP contribution in [0.5, 0.6) is 11.5 Å². The number of hydrogen-bond acceptors (Lipinski definition) is 5. The highest BCUT2D eigenvalue weighted by Gasteiger charge is 2.25. The van der Waals surface area contributed by atoms with Crippen LogP contribution in [0.2, 0.25) is 0 Å². The lowest BCUT2D eigenvalue weighted by Crippen LogP contribution is -2.27. The summed E-state index contributed by atoms with van der Waals surface area (Å²) in [5.41, 5.74) is 1.80. The zero-order chi connectivity index (χ0) is 14.9. The highest BCUT2D eigenvalue weighted by molar-refractivity contribution is 7.14. The molecular formula is C16H16N2O3S. The average Bonchev–Trinajstić information content (AvgIpc) is 2.93. The number of anilines is 1. The standard InChI is InChI=1S/C16H16N2O3S/c19-15(10-2-1-3-10)18-16-17-12(9-22-16)11-4-5-13-14(8-11)21-7-6-20-13/h4-5,8-10H,1-3,6-7H2,(H,17,18,19). The second kappa shape index (κ2) is 5.61. The molecule has 0 saturated heterocycles. The fourth-order valence-corrected chi connectivity index (χ4v) is 3.27. The Morgan fingerprint density at radius 3 is 2.82 bits per heavy atom. The quantitative estimate of drug-likeness (QED) is 0.943. The molecule has 1 saturated carbocycles. The smallest absolute Gasteiger partial charge is 0.229 e. The number of thiazole rings is 1. The molecule has 114 valence electrons. The van der Waals surface area contributed by atoms with Gasteiger partial charge in [0.1, 0.15) is 13.2 Å². The molecule has 4 rings (SSSR count). The van der Waals surface area contributed by atoms with Crippen molar-refractivity contribution in [2.24, 2.45) is 5.92 Å². The number of hydrogen-bond donors (Lipinski definition) is 1. The summed E-state index contributed by atoms with van der Waals surface area (Å²) in [4.78, 5) is 16.5. The maximum absolute atomic E-state index is 12.0. The number of carbonyl (C=O) groups is 1. The summed E-state index contributed by atoms with van der Waals surface area (Å²) in [6, 6.07) is 5.79. The summed E-state index contributed by atoms with van der Waals surface area (Å²) in [6.07, 6.45) is 3.14. The lowest BCUT2D eigenvalue weighted by atomic mass is 9.85. The van der Waals surface area contributed by atoms with Crippen molar-refractivity contribution < 1.29 is 14.3 Å². The van der Waals surface area contributed by atoms with Crippen LogP contribution in [0.25, 0.3) is 11.3 Å². The number of fused-ring (bicyclic) bond motifs is 1. The molecule has 1 N–H and O–H groups in total. The van der Waals surface area contributed by atoms with Crippen molar-refractivity contribution in [2.45, 2.75) is 19.3 Å². The summed E-state index contributed by atoms with van der Waals surface area (Å²) in [5.74, 6) is 1.77. The Hall–Kier alpha value is -2.08. The fraction of sp³-hybridized carbons (Fsp3) is 0.375. The SMILES string of the molecule is O=C(Nc1nc(-c2ccc3c(c2)OCCO3)cs1)C1CCC1. The van der Waals surface area contributed by atoms with Crippen LogP contribution in [-0.4, -0.2) is 24.1 Å². The fourth-order valence-electron chi connectivity index (χ4n) is 2.54. The minimum absolute atomic E-state index is 0.0920. The Kier molecular flexibility index (Phi) is 3.46. The second-order valence-corrected chi connectivity index (χ2v) is 6.37. The highest BCUT2D eigenvalue weighted by Crippen LogP contribution is 2.35. The van der Waals surface area contributed by atoms with Gasteiger partial charge in [-0.3, -0.25) is 4.79 Å². The van der Waals surface area contributed by atoms with Crippen molar-refractivity contribution in [3.63, 3.8) is 0 Å². The number of carbonyl (C=O) groups excluding carboxylic acids is 1. The Labute approximate surface area is 132 Å². The van der Waals surface area contributed by atoms with E-state index in [0.29, 0.717) is 18.3 Å². The van der Waals surface area contributed by atoms with Crippen LogP contribution < -0.4 is 14.8 Å². The highest BCUT2D eigenvalue weighted by atomic mass is 32.1. The minimum atomic E-state index is 0.0920. The number of benzene rings is 1. The maximum Gasteiger partial charge on any atom is 0.229 e. The molecule has 1 amide bonds. The first-order chi connectivity index (χ1) is 10.8. The molecule has 22 heavy (non-hydrogen) atoms. The van der Waals surface area contributed by atoms with E-state index in [1.807, 2.05) is 23.6 Å². The van der Waals surface area contributed by atoms with Gasteiger partial charge >= 0.3 is 0 Å². The monoisotopic (exact) mass is 316 g/mol. The van der Waals surface area contributed by atoms with Crippen molar-refractivity contribution in [3.8, 4) is 22.8 Å². The second-order valence-electron chi connectivity index (χ2n) is 5.51. The van der Waals surface area contributed by atoms with Gasteiger partial charge in [0.15, 0.2) is 16.6 Å². The molecule has 1 aromatic heterocycles. The topological polar surface area (TPSA) is 60.5 Å². The predicted octanol–water partition coefficient (Wildman–Crippen LogP) is 3.32. The molecule has 1 fully saturated rings. The number of amides is 1. The van der Waals surface area contributed by atoms with E-state index in [1.54, 1.807) is 0 Å². The van der Waals surface area contributed by atoms with E-state index in [-0.39, 0.29) is 11.8 Å². The molecule has 0 bridgehead atoms. The molecule has 0 radical (unpaired) electrons. The van der Waals surface area contributed by atoms with Gasteiger partial charge in [0.05, 0.1) is 5.69 Å². The van der Waals surface area contributed by atoms with Crippen LogP contribution in [0.3, 0.4) is 0 Å². The van der Waals surface area contributed by atoms with E-state index in [2.05, 4.69) is 10.3 Å². The van der Waals surface area contributed by atoms with Crippen LogP contribution in [-0.2, 0) is 4.79 Å². The van der Waals surface area contributed by atoms with Crippen molar-refractivity contribution >= 4 is 22.4 Å². The molecule has 1 aromatic carbocycles. The molecule has 2 aromatic rings. The molecular weight excluding hydrogens is 300 g/mol. The van der Waals surface area contributed by atoms with Crippen LogP contribution in [0, 0.1) is 5.92 Å². The molecule has 1 aliphatic heterocycles. The van der Waals surface area contributed by atoms with Crippen LogP contribution in [0.1, 0.15) is 19.3 Å². The minimum Gasteiger partial charge on any atom is -0.486 e. The Bertz CT molecular complexity index is 709. The van der Waals surface area contributed by atoms with Crippen LogP contribution >= 0.6 is 11.3 Å². The van der Waals surface area contributed by atoms with Gasteiger partial charge < -0.3 is 14.8 Å². The van der Waals surface area contributed by atoms with Crippen LogP contribution in [0.4, 0.5) is 5.13 Å². The third kappa shape index (κ3) is 2.54. The van der Waals surface area contributed by atoms with Crippen LogP contribution in [0.15, 0.2) is 23.6 Å². The molecule has 0 atom stereocenters. The zero-order valence-corrected chi connectivity index (χ0v) is 12.8. The lowest BCUT2D eigenvalue weighted by molar-refractivity contribution is -0.122. The van der Waals surface area contributed by atoms with Crippen molar-refractivity contribution in [2.75, 3.05) is 18.5 Å². The van der Waals surface area contributed by atoms with Crippen molar-refractivity contribution in [1.29, 1.82) is 0 Å². The summed E-state index contributed by atoms with van der Waals surface area (Å²) in [6.45, 7) is 1.15. The molecule has 5 nitrogen and oxygen atoms in total. The average molecular weight is 316 g/mol. The molecule has 0 unspecified atom stereocenters. The third-order valence-corrected chi connectivity index (χ3v) is 4.81. The Morgan fingerprint density at radius 2 is 2.05 bits per heavy atom. The largest absolute Gasteiger partial charge is 0.486 e. The summed E-state index contributed by atoms with van der Waals surface area (Å²) in [5, 5.41) is 5.51. The molecule has 2 heterocycles. The Balaban J connectivity index is 1.52. The van der Waals surface area contributed by atoms with E-state index in [9.17, 15) is 4.79 Å². The first-order valence-corrected chi connectivity index (χ1v) is 8.34. The maximum atomic E-state index is 12.0. The molecule has 0 spiro atoms. The zero-order valence-electron chi connectivity index (χ0n) is 12.0. The third-order valence-electron chi connectivity index (χ3n) is 4.05. The number of ether oxygens (including phenoxy) is 2. The van der Waals surface area contributed by atoms with Crippen molar-refractivity contribution in [3.05, 3.63) is 23.6 Å². The molecule has 1 aliphatic carbocycles. The summed E-state index contributed by atoms with van der Waals surface area (Å²) in [7, 11) is 0. The normalized spacial score (nSPS) is 16.9. The van der Waals surface area contributed by atoms with E-state index in [4.69, 9.17) is 9.47 Å². The van der Waals surface area contributed by atoms with E-state index >= 15 is 0 Å². The molecule has 2 aliphatic rings. The van der Waals surface area contributed by atoms with Gasteiger partial charge in [-0.2, -0.15) is 0 Å². The predicted molar refractivity (Wildman–Crippen MR) is 84.5 cm³/mol.